The van der Waals surface area contributed by atoms with Crippen LogP contribution in [0.5, 0.6) is 5.75 Å². The molecular weight excluding hydrogens is 132 g/mol. The molecule has 0 fully saturated rings. The second-order valence-electron chi connectivity index (χ2n) is 1.84. The van der Waals surface area contributed by atoms with Gasteiger partial charge in [0, 0.05) is 5.56 Å². The maximum Gasteiger partial charge on any atom is 0.290 e. The lowest BCUT2D eigenvalue weighted by Gasteiger charge is -2.14. The first-order valence-corrected chi connectivity index (χ1v) is 2.71. The summed E-state index contributed by atoms with van der Waals surface area (Å²) in [4.78, 5) is 8.36. The van der Waals surface area contributed by atoms with Crippen molar-refractivity contribution in [1.82, 2.24) is 0 Å². The van der Waals surface area contributed by atoms with Crippen LogP contribution in [0.3, 0.4) is 0 Å². The summed E-state index contributed by atoms with van der Waals surface area (Å²) in [5.74, 6) is 0.442. The Morgan fingerprint density at radius 1 is 1.40 bits per heavy atom. The summed E-state index contributed by atoms with van der Waals surface area (Å²) in [6.45, 7) is -0.250. The molecule has 2 N–H and O–H groups in total. The van der Waals surface area contributed by atoms with E-state index in [1.807, 2.05) is 12.1 Å². The Morgan fingerprint density at radius 3 is 2.00 bits per heavy atom. The van der Waals surface area contributed by atoms with Crippen molar-refractivity contribution in [2.24, 2.45) is 0 Å². The largest absolute Gasteiger partial charge is 0.507 e. The minimum atomic E-state index is -0.250. The maximum atomic E-state index is 8.69. The fourth-order valence-electron chi connectivity index (χ4n) is 0.769. The lowest BCUT2D eigenvalue weighted by molar-refractivity contribution is -0.122. The van der Waals surface area contributed by atoms with Gasteiger partial charge in [-0.05, 0) is 11.6 Å². The molecule has 0 amide bonds. The average Bonchev–Trinajstić information content (AvgIpc) is 1.84. The van der Waals surface area contributed by atoms with Crippen LogP contribution in [0.2, 0.25) is 0 Å². The van der Waals surface area contributed by atoms with Gasteiger partial charge in [0.05, 0.1) is 0 Å². The zero-order chi connectivity index (χ0) is 7.56. The van der Waals surface area contributed by atoms with Gasteiger partial charge < -0.3 is 10.2 Å². The first-order valence-electron chi connectivity index (χ1n) is 2.71. The van der Waals surface area contributed by atoms with Gasteiger partial charge in [0.15, 0.2) is 0 Å². The molecule has 52 valence electrons. The first-order chi connectivity index (χ1) is 4.79. The second-order valence-corrected chi connectivity index (χ2v) is 1.84. The maximum absolute atomic E-state index is 8.69. The summed E-state index contributed by atoms with van der Waals surface area (Å²) in [5.41, 5.74) is 2.22. The van der Waals surface area contributed by atoms with Crippen molar-refractivity contribution in [1.29, 1.82) is 0 Å². The highest BCUT2D eigenvalue weighted by molar-refractivity contribution is 5.83. The fourth-order valence-corrected chi connectivity index (χ4v) is 0.769. The topological polar surface area (TPSA) is 57.5 Å². The van der Waals surface area contributed by atoms with Gasteiger partial charge >= 0.3 is 0 Å². The Balaban J connectivity index is 0.000000148. The van der Waals surface area contributed by atoms with Gasteiger partial charge in [-0.15, -0.1) is 0 Å². The SMILES string of the molecule is O=CO.Oc1cc2ccc1-2. The van der Waals surface area contributed by atoms with Gasteiger partial charge in [-0.2, -0.15) is 0 Å². The van der Waals surface area contributed by atoms with Crippen molar-refractivity contribution in [2.45, 2.75) is 0 Å². The van der Waals surface area contributed by atoms with Gasteiger partial charge in [-0.3, -0.25) is 4.79 Å². The van der Waals surface area contributed by atoms with Crippen LogP contribution in [0.25, 0.3) is 11.1 Å². The molecular formula is C7H6O3. The summed E-state index contributed by atoms with van der Waals surface area (Å²) in [5, 5.41) is 15.6. The average molecular weight is 138 g/mol. The zero-order valence-corrected chi connectivity index (χ0v) is 5.11. The number of carbonyl (C=O) groups is 1. The highest BCUT2D eigenvalue weighted by Crippen LogP contribution is 2.41. The number of hydrogen-bond donors (Lipinski definition) is 2. The number of phenolic OH excluding ortho intramolecular Hbond substituents is 1. The fraction of sp³-hybridized carbons (Fsp3) is 0. The quantitative estimate of drug-likeness (QED) is 0.535. The molecule has 10 heavy (non-hydrogen) atoms. The molecule has 2 aliphatic rings. The molecule has 0 aromatic carbocycles. The van der Waals surface area contributed by atoms with E-state index in [4.69, 9.17) is 15.0 Å². The number of fused-ring (bicyclic) bond motifs is 1. The number of rotatable bonds is 0. The molecule has 0 heterocycles. The Kier molecular flexibility index (Phi) is 1.58. The molecule has 0 aliphatic heterocycles. The number of benzene rings is 1. The van der Waals surface area contributed by atoms with Gasteiger partial charge in [0.1, 0.15) is 5.75 Å². The van der Waals surface area contributed by atoms with Crippen LogP contribution in [-0.4, -0.2) is 16.7 Å². The lowest BCUT2D eigenvalue weighted by Crippen LogP contribution is -1.88. The van der Waals surface area contributed by atoms with Crippen molar-refractivity contribution in [3.05, 3.63) is 18.2 Å². The van der Waals surface area contributed by atoms with E-state index in [9.17, 15) is 0 Å². The minimum Gasteiger partial charge on any atom is -0.507 e. The Morgan fingerprint density at radius 2 is 2.00 bits per heavy atom. The molecule has 3 heteroatoms. The molecule has 0 atom stereocenters. The molecule has 2 aliphatic carbocycles. The van der Waals surface area contributed by atoms with Crippen LogP contribution in [0.15, 0.2) is 18.2 Å². The molecule has 0 spiro atoms. The second kappa shape index (κ2) is 2.39. The van der Waals surface area contributed by atoms with Crippen molar-refractivity contribution in [2.75, 3.05) is 0 Å². The summed E-state index contributed by atoms with van der Waals surface area (Å²) < 4.78 is 0. The third-order valence-electron chi connectivity index (χ3n) is 1.31. The lowest BCUT2D eigenvalue weighted by atomic mass is 9.93. The molecule has 0 unspecified atom stereocenters. The Hall–Kier alpha value is -1.51. The van der Waals surface area contributed by atoms with Crippen LogP contribution in [0.4, 0.5) is 0 Å². The smallest absolute Gasteiger partial charge is 0.290 e. The van der Waals surface area contributed by atoms with Crippen molar-refractivity contribution in [3.8, 4) is 16.9 Å². The highest BCUT2D eigenvalue weighted by atomic mass is 16.3. The minimum absolute atomic E-state index is 0.250. The molecule has 0 aromatic heterocycles. The molecule has 0 saturated heterocycles. The number of carboxylic acid groups (broad SMARTS) is 1. The van der Waals surface area contributed by atoms with E-state index in [0.717, 1.165) is 5.56 Å². The van der Waals surface area contributed by atoms with Gasteiger partial charge in [-0.25, -0.2) is 0 Å². The summed E-state index contributed by atoms with van der Waals surface area (Å²) in [6.07, 6.45) is 0. The Bertz CT molecular complexity index is 255. The van der Waals surface area contributed by atoms with Crippen LogP contribution >= 0.6 is 0 Å². The van der Waals surface area contributed by atoms with E-state index in [1.165, 1.54) is 5.56 Å². The number of aromatic hydroxyl groups is 1. The summed E-state index contributed by atoms with van der Waals surface area (Å²) in [6, 6.07) is 5.65. The molecule has 0 saturated carbocycles. The van der Waals surface area contributed by atoms with Crippen LogP contribution < -0.4 is 0 Å². The van der Waals surface area contributed by atoms with Gasteiger partial charge in [0.2, 0.25) is 0 Å². The van der Waals surface area contributed by atoms with E-state index in [0.29, 0.717) is 5.75 Å². The van der Waals surface area contributed by atoms with Crippen molar-refractivity contribution >= 4 is 6.47 Å². The van der Waals surface area contributed by atoms with Crippen LogP contribution in [-0.2, 0) is 4.79 Å². The third kappa shape index (κ3) is 0.815. The molecule has 0 radical (unpaired) electrons. The standard InChI is InChI=1S/C6H4O.CH2O2/c7-6-3-4-1-2-5(4)6;2-1-3/h1-3,7H;1H,(H,2,3). The predicted octanol–water partition coefficient (Wildman–Crippen LogP) is 1.07. The molecule has 3 nitrogen and oxygen atoms in total. The van der Waals surface area contributed by atoms with Gasteiger partial charge in [0.25, 0.3) is 6.47 Å². The first kappa shape index (κ1) is 6.61. The molecule has 0 bridgehead atoms. The monoisotopic (exact) mass is 138 g/mol. The summed E-state index contributed by atoms with van der Waals surface area (Å²) in [7, 11) is 0. The summed E-state index contributed by atoms with van der Waals surface area (Å²) >= 11 is 0. The van der Waals surface area contributed by atoms with Gasteiger partial charge in [-0.1, -0.05) is 12.1 Å². The van der Waals surface area contributed by atoms with Crippen LogP contribution in [0, 0.1) is 0 Å². The van der Waals surface area contributed by atoms with E-state index in [1.54, 1.807) is 6.07 Å². The molecule has 0 aromatic rings. The number of phenols is 1. The number of hydrogen-bond acceptors (Lipinski definition) is 2. The van der Waals surface area contributed by atoms with Crippen LogP contribution in [0.1, 0.15) is 0 Å². The highest BCUT2D eigenvalue weighted by Gasteiger charge is 2.14. The van der Waals surface area contributed by atoms with E-state index in [2.05, 4.69) is 0 Å². The van der Waals surface area contributed by atoms with Crippen molar-refractivity contribution in [3.63, 3.8) is 0 Å². The normalized spacial score (nSPS) is 9.20. The zero-order valence-electron chi connectivity index (χ0n) is 5.11. The van der Waals surface area contributed by atoms with Crippen molar-refractivity contribution < 1.29 is 15.0 Å². The predicted molar refractivity (Wildman–Crippen MR) is 35.8 cm³/mol. The van der Waals surface area contributed by atoms with E-state index < -0.39 is 0 Å². The molecule has 2 rings (SSSR count). The Labute approximate surface area is 57.5 Å². The van der Waals surface area contributed by atoms with E-state index >= 15 is 0 Å². The third-order valence-corrected chi connectivity index (χ3v) is 1.31. The van der Waals surface area contributed by atoms with E-state index in [-0.39, 0.29) is 6.47 Å².